The molecular formula is C10H11FO3. The Morgan fingerprint density at radius 1 is 1.50 bits per heavy atom. The molecule has 14 heavy (non-hydrogen) atoms. The van der Waals surface area contributed by atoms with E-state index in [2.05, 4.69) is 0 Å². The third-order valence-corrected chi connectivity index (χ3v) is 2.08. The van der Waals surface area contributed by atoms with E-state index in [9.17, 15) is 9.18 Å². The number of carboxylic acids is 1. The first-order valence-corrected chi connectivity index (χ1v) is 4.06. The molecule has 0 aliphatic heterocycles. The van der Waals surface area contributed by atoms with Crippen molar-refractivity contribution in [1.29, 1.82) is 0 Å². The van der Waals surface area contributed by atoms with E-state index in [1.165, 1.54) is 20.1 Å². The molecule has 0 amide bonds. The van der Waals surface area contributed by atoms with E-state index in [0.717, 1.165) is 0 Å². The number of aryl methyl sites for hydroxylation is 1. The van der Waals surface area contributed by atoms with Crippen LogP contribution in [0.15, 0.2) is 6.07 Å². The molecule has 76 valence electrons. The highest BCUT2D eigenvalue weighted by Gasteiger charge is 2.19. The summed E-state index contributed by atoms with van der Waals surface area (Å²) >= 11 is 0. The Labute approximate surface area is 81.1 Å². The summed E-state index contributed by atoms with van der Waals surface area (Å²) in [5.41, 5.74) is 0.470. The van der Waals surface area contributed by atoms with E-state index >= 15 is 0 Å². The van der Waals surface area contributed by atoms with Gasteiger partial charge in [-0.15, -0.1) is 0 Å². The van der Waals surface area contributed by atoms with Crippen LogP contribution in [0.2, 0.25) is 0 Å². The molecule has 3 nitrogen and oxygen atoms in total. The highest BCUT2D eigenvalue weighted by atomic mass is 19.1. The number of carboxylic acid groups (broad SMARTS) is 1. The maximum Gasteiger partial charge on any atom is 0.339 e. The van der Waals surface area contributed by atoms with Gasteiger partial charge in [-0.3, -0.25) is 0 Å². The molecule has 0 unspecified atom stereocenters. The summed E-state index contributed by atoms with van der Waals surface area (Å²) < 4.78 is 18.1. The van der Waals surface area contributed by atoms with Crippen molar-refractivity contribution >= 4 is 5.97 Å². The molecule has 1 rings (SSSR count). The third-order valence-electron chi connectivity index (χ3n) is 2.08. The largest absolute Gasteiger partial charge is 0.496 e. The van der Waals surface area contributed by atoms with Gasteiger partial charge in [0.15, 0.2) is 0 Å². The van der Waals surface area contributed by atoms with E-state index < -0.39 is 11.8 Å². The van der Waals surface area contributed by atoms with Crippen LogP contribution in [-0.2, 0) is 0 Å². The summed E-state index contributed by atoms with van der Waals surface area (Å²) in [4.78, 5) is 10.9. The van der Waals surface area contributed by atoms with Gasteiger partial charge in [0, 0.05) is 5.56 Å². The van der Waals surface area contributed by atoms with Crippen molar-refractivity contribution in [3.63, 3.8) is 0 Å². The Kier molecular flexibility index (Phi) is 2.74. The highest BCUT2D eigenvalue weighted by Crippen LogP contribution is 2.28. The van der Waals surface area contributed by atoms with Crippen LogP contribution in [0.3, 0.4) is 0 Å². The lowest BCUT2D eigenvalue weighted by Crippen LogP contribution is -2.06. The fourth-order valence-electron chi connectivity index (χ4n) is 1.37. The summed E-state index contributed by atoms with van der Waals surface area (Å²) in [7, 11) is 1.37. The smallest absolute Gasteiger partial charge is 0.339 e. The van der Waals surface area contributed by atoms with Gasteiger partial charge in [-0.1, -0.05) is 0 Å². The standard InChI is InChI=1S/C10H11FO3/c1-5-4-7(11)6(2)8(10(12)13)9(5)14-3/h4H,1-3H3,(H,12,13). The van der Waals surface area contributed by atoms with Gasteiger partial charge in [0.2, 0.25) is 0 Å². The number of halogens is 1. The lowest BCUT2D eigenvalue weighted by molar-refractivity contribution is 0.0691. The minimum absolute atomic E-state index is 0.0972. The van der Waals surface area contributed by atoms with Crippen LogP contribution in [0.5, 0.6) is 5.75 Å². The van der Waals surface area contributed by atoms with Gasteiger partial charge in [-0.2, -0.15) is 0 Å². The van der Waals surface area contributed by atoms with Gasteiger partial charge < -0.3 is 9.84 Å². The first-order chi connectivity index (χ1) is 6.49. The molecule has 0 atom stereocenters. The Morgan fingerprint density at radius 2 is 2.07 bits per heavy atom. The molecule has 0 bridgehead atoms. The van der Waals surface area contributed by atoms with Crippen molar-refractivity contribution < 1.29 is 19.0 Å². The van der Waals surface area contributed by atoms with E-state index in [4.69, 9.17) is 9.84 Å². The summed E-state index contributed by atoms with van der Waals surface area (Å²) in [5, 5.41) is 8.88. The molecule has 4 heteroatoms. The fourth-order valence-corrected chi connectivity index (χ4v) is 1.37. The molecule has 0 aromatic heterocycles. The van der Waals surface area contributed by atoms with Crippen LogP contribution in [0, 0.1) is 19.7 Å². The number of ether oxygens (including phenoxy) is 1. The zero-order valence-corrected chi connectivity index (χ0v) is 8.22. The summed E-state index contributed by atoms with van der Waals surface area (Å²) in [5.74, 6) is -1.49. The zero-order chi connectivity index (χ0) is 10.9. The topological polar surface area (TPSA) is 46.5 Å². The van der Waals surface area contributed by atoms with Gasteiger partial charge in [0.05, 0.1) is 7.11 Å². The van der Waals surface area contributed by atoms with Crippen LogP contribution in [-0.4, -0.2) is 18.2 Å². The monoisotopic (exact) mass is 198 g/mol. The molecular weight excluding hydrogens is 187 g/mol. The Bertz CT molecular complexity index is 385. The number of aromatic carboxylic acids is 1. The molecule has 0 spiro atoms. The minimum Gasteiger partial charge on any atom is -0.496 e. The quantitative estimate of drug-likeness (QED) is 0.791. The maximum atomic E-state index is 13.2. The molecule has 0 saturated heterocycles. The van der Waals surface area contributed by atoms with Crippen molar-refractivity contribution in [2.75, 3.05) is 7.11 Å². The summed E-state index contributed by atoms with van der Waals surface area (Å²) in [6.07, 6.45) is 0. The molecule has 0 aliphatic carbocycles. The van der Waals surface area contributed by atoms with E-state index in [0.29, 0.717) is 5.56 Å². The predicted octanol–water partition coefficient (Wildman–Crippen LogP) is 2.15. The minimum atomic E-state index is -1.18. The van der Waals surface area contributed by atoms with E-state index in [1.807, 2.05) is 0 Å². The second-order valence-corrected chi connectivity index (χ2v) is 3.01. The zero-order valence-electron chi connectivity index (χ0n) is 8.22. The second-order valence-electron chi connectivity index (χ2n) is 3.01. The third kappa shape index (κ3) is 1.55. The van der Waals surface area contributed by atoms with Gasteiger partial charge in [-0.05, 0) is 25.5 Å². The number of carbonyl (C=O) groups is 1. The Balaban J connectivity index is 3.56. The van der Waals surface area contributed by atoms with Crippen LogP contribution < -0.4 is 4.74 Å². The van der Waals surface area contributed by atoms with Crippen molar-refractivity contribution in [1.82, 2.24) is 0 Å². The molecule has 0 radical (unpaired) electrons. The maximum absolute atomic E-state index is 13.2. The molecule has 1 N–H and O–H groups in total. The second kappa shape index (κ2) is 3.65. The van der Waals surface area contributed by atoms with Crippen molar-refractivity contribution in [2.45, 2.75) is 13.8 Å². The van der Waals surface area contributed by atoms with Crippen molar-refractivity contribution in [3.05, 3.63) is 28.6 Å². The average Bonchev–Trinajstić information content (AvgIpc) is 2.10. The SMILES string of the molecule is COc1c(C)cc(F)c(C)c1C(=O)O. The Hall–Kier alpha value is -1.58. The fraction of sp³-hybridized carbons (Fsp3) is 0.300. The average molecular weight is 198 g/mol. The first kappa shape index (κ1) is 10.5. The van der Waals surface area contributed by atoms with Gasteiger partial charge >= 0.3 is 5.97 Å². The lowest BCUT2D eigenvalue weighted by Gasteiger charge is -2.11. The molecule has 1 aromatic rings. The van der Waals surface area contributed by atoms with Crippen LogP contribution in [0.4, 0.5) is 4.39 Å². The number of hydrogen-bond acceptors (Lipinski definition) is 2. The molecule has 0 aliphatic rings. The Morgan fingerprint density at radius 3 is 2.50 bits per heavy atom. The number of benzene rings is 1. The highest BCUT2D eigenvalue weighted by molar-refractivity contribution is 5.93. The van der Waals surface area contributed by atoms with Crippen LogP contribution in [0.25, 0.3) is 0 Å². The van der Waals surface area contributed by atoms with E-state index in [1.54, 1.807) is 6.92 Å². The number of rotatable bonds is 2. The number of methoxy groups -OCH3 is 1. The van der Waals surface area contributed by atoms with Crippen molar-refractivity contribution in [2.24, 2.45) is 0 Å². The normalized spacial score (nSPS) is 10.0. The number of hydrogen-bond donors (Lipinski definition) is 1. The lowest BCUT2D eigenvalue weighted by atomic mass is 10.0. The van der Waals surface area contributed by atoms with Crippen LogP contribution >= 0.6 is 0 Å². The summed E-state index contributed by atoms with van der Waals surface area (Å²) in [6.45, 7) is 3.02. The van der Waals surface area contributed by atoms with Crippen molar-refractivity contribution in [3.8, 4) is 5.75 Å². The van der Waals surface area contributed by atoms with Crippen LogP contribution in [0.1, 0.15) is 21.5 Å². The van der Waals surface area contributed by atoms with E-state index in [-0.39, 0.29) is 16.9 Å². The first-order valence-electron chi connectivity index (χ1n) is 4.06. The molecule has 0 heterocycles. The summed E-state index contributed by atoms with van der Waals surface area (Å²) in [6, 6.07) is 1.26. The molecule has 0 saturated carbocycles. The molecule has 1 aromatic carbocycles. The van der Waals surface area contributed by atoms with Gasteiger partial charge in [0.25, 0.3) is 0 Å². The van der Waals surface area contributed by atoms with Gasteiger partial charge in [-0.25, -0.2) is 9.18 Å². The van der Waals surface area contributed by atoms with Gasteiger partial charge in [0.1, 0.15) is 17.1 Å². The molecule has 0 fully saturated rings. The predicted molar refractivity (Wildman–Crippen MR) is 49.4 cm³/mol.